The largest absolute Gasteiger partial charge is 0.463 e. The Balaban J connectivity index is 2.51. The summed E-state index contributed by atoms with van der Waals surface area (Å²) in [6.07, 6.45) is -0.562. The third-order valence-electron chi connectivity index (χ3n) is 2.24. The number of nitrogens with one attached hydrogen (secondary N) is 1. The Hall–Kier alpha value is -2.02. The molecule has 0 bridgehead atoms. The van der Waals surface area contributed by atoms with Crippen molar-refractivity contribution in [2.45, 2.75) is 32.4 Å². The molecule has 112 valence electrons. The maximum absolute atomic E-state index is 11.5. The van der Waals surface area contributed by atoms with Crippen LogP contribution in [-0.4, -0.2) is 31.3 Å². The molecule has 0 fully saturated rings. The molecule has 1 atom stereocenters. The molecule has 1 unspecified atom stereocenters. The fourth-order valence-electron chi connectivity index (χ4n) is 1.37. The highest BCUT2D eigenvalue weighted by Crippen LogP contribution is 2.15. The molecule has 0 saturated carbocycles. The lowest BCUT2D eigenvalue weighted by Gasteiger charge is -2.20. The van der Waals surface area contributed by atoms with Crippen LogP contribution in [0.2, 0.25) is 0 Å². The first kappa shape index (κ1) is 16.0. The van der Waals surface area contributed by atoms with Gasteiger partial charge >= 0.3 is 12.1 Å². The molecule has 1 aromatic rings. The summed E-state index contributed by atoms with van der Waals surface area (Å²) >= 11 is 0. The van der Waals surface area contributed by atoms with E-state index >= 15 is 0 Å². The van der Waals surface area contributed by atoms with Crippen molar-refractivity contribution in [2.75, 3.05) is 13.7 Å². The molecule has 1 amide bonds. The molecular formula is C13H20N2O5. The summed E-state index contributed by atoms with van der Waals surface area (Å²) in [6, 6.07) is 2.45. The Morgan fingerprint density at radius 1 is 1.40 bits per heavy atom. The number of esters is 1. The number of hydrogen-bond donors (Lipinski definition) is 2. The van der Waals surface area contributed by atoms with E-state index in [-0.39, 0.29) is 12.3 Å². The Kier molecular flexibility index (Phi) is 5.15. The minimum Gasteiger partial charge on any atom is -0.463 e. The van der Waals surface area contributed by atoms with Crippen LogP contribution >= 0.6 is 0 Å². The summed E-state index contributed by atoms with van der Waals surface area (Å²) < 4.78 is 14.8. The van der Waals surface area contributed by atoms with Crippen molar-refractivity contribution >= 4 is 12.1 Å². The van der Waals surface area contributed by atoms with Gasteiger partial charge in [0.2, 0.25) is 5.76 Å². The van der Waals surface area contributed by atoms with Crippen molar-refractivity contribution in [3.8, 4) is 0 Å². The standard InChI is InChI=1S/C13H20N2O5/c1-13(2,3)20-12(17)15-7-8(14)9-5-6-10(19-9)11(16)18-4/h5-6,8H,7,14H2,1-4H3,(H,15,17). The molecule has 7 heteroatoms. The van der Waals surface area contributed by atoms with Crippen LogP contribution in [0.4, 0.5) is 4.79 Å². The van der Waals surface area contributed by atoms with Crippen LogP contribution in [0.1, 0.15) is 43.1 Å². The molecule has 0 radical (unpaired) electrons. The molecule has 0 spiro atoms. The van der Waals surface area contributed by atoms with Gasteiger partial charge in [0.05, 0.1) is 13.2 Å². The second-order valence-corrected chi connectivity index (χ2v) is 5.18. The van der Waals surface area contributed by atoms with Gasteiger partial charge in [0, 0.05) is 6.54 Å². The number of carbonyl (C=O) groups excluding carboxylic acids is 2. The molecule has 0 saturated heterocycles. The monoisotopic (exact) mass is 284 g/mol. The molecule has 0 aromatic carbocycles. The molecule has 0 aliphatic rings. The summed E-state index contributed by atoms with van der Waals surface area (Å²) in [6.45, 7) is 5.42. The first-order chi connectivity index (χ1) is 9.23. The number of rotatable bonds is 4. The second kappa shape index (κ2) is 6.42. The fraction of sp³-hybridized carbons (Fsp3) is 0.538. The van der Waals surface area contributed by atoms with E-state index in [9.17, 15) is 9.59 Å². The predicted octanol–water partition coefficient (Wildman–Crippen LogP) is 1.59. The van der Waals surface area contributed by atoms with Gasteiger partial charge in [-0.2, -0.15) is 0 Å². The zero-order chi connectivity index (χ0) is 15.3. The number of ether oxygens (including phenoxy) is 2. The van der Waals surface area contributed by atoms with Gasteiger partial charge in [-0.1, -0.05) is 0 Å². The molecule has 20 heavy (non-hydrogen) atoms. The Morgan fingerprint density at radius 3 is 2.60 bits per heavy atom. The summed E-state index contributed by atoms with van der Waals surface area (Å²) in [5.41, 5.74) is 5.27. The number of furan rings is 1. The first-order valence-corrected chi connectivity index (χ1v) is 6.13. The van der Waals surface area contributed by atoms with Crippen molar-refractivity contribution < 1.29 is 23.5 Å². The zero-order valence-electron chi connectivity index (χ0n) is 12.1. The minimum absolute atomic E-state index is 0.0650. The molecule has 7 nitrogen and oxygen atoms in total. The summed E-state index contributed by atoms with van der Waals surface area (Å²) in [5, 5.41) is 2.53. The van der Waals surface area contributed by atoms with Crippen molar-refractivity contribution in [3.05, 3.63) is 23.7 Å². The highest BCUT2D eigenvalue weighted by Gasteiger charge is 2.19. The van der Waals surface area contributed by atoms with Gasteiger partial charge < -0.3 is 24.9 Å². The molecule has 3 N–H and O–H groups in total. The van der Waals surface area contributed by atoms with Gasteiger partial charge in [-0.25, -0.2) is 9.59 Å². The van der Waals surface area contributed by atoms with Gasteiger partial charge in [0.25, 0.3) is 0 Å². The highest BCUT2D eigenvalue weighted by atomic mass is 16.6. The minimum atomic E-state index is -0.582. The van der Waals surface area contributed by atoms with Crippen LogP contribution in [0.5, 0.6) is 0 Å². The molecule has 0 aliphatic carbocycles. The lowest BCUT2D eigenvalue weighted by atomic mass is 10.2. The normalized spacial score (nSPS) is 12.7. The Bertz CT molecular complexity index is 475. The quantitative estimate of drug-likeness (QED) is 0.814. The van der Waals surface area contributed by atoms with Crippen molar-refractivity contribution in [2.24, 2.45) is 5.73 Å². The van der Waals surface area contributed by atoms with E-state index < -0.39 is 23.7 Å². The maximum atomic E-state index is 11.5. The third kappa shape index (κ3) is 4.93. The average molecular weight is 284 g/mol. The van der Waals surface area contributed by atoms with Gasteiger partial charge in [-0.15, -0.1) is 0 Å². The number of nitrogens with two attached hydrogens (primary N) is 1. The Labute approximate surface area is 117 Å². The SMILES string of the molecule is COC(=O)c1ccc(C(N)CNC(=O)OC(C)(C)C)o1. The van der Waals surface area contributed by atoms with Gasteiger partial charge in [-0.05, 0) is 32.9 Å². The number of carbonyl (C=O) groups is 2. The van der Waals surface area contributed by atoms with Gasteiger partial charge in [-0.3, -0.25) is 0 Å². The van der Waals surface area contributed by atoms with Gasteiger partial charge in [0.15, 0.2) is 0 Å². The third-order valence-corrected chi connectivity index (χ3v) is 2.24. The smallest absolute Gasteiger partial charge is 0.407 e. The van der Waals surface area contributed by atoms with E-state index in [0.29, 0.717) is 5.76 Å². The van der Waals surface area contributed by atoms with E-state index in [1.807, 2.05) is 0 Å². The summed E-state index contributed by atoms with van der Waals surface area (Å²) in [5.74, 6) is -0.139. The maximum Gasteiger partial charge on any atom is 0.407 e. The predicted molar refractivity (Wildman–Crippen MR) is 71.2 cm³/mol. The molecule has 0 aliphatic heterocycles. The molecule has 1 heterocycles. The van der Waals surface area contributed by atoms with E-state index in [1.165, 1.54) is 13.2 Å². The van der Waals surface area contributed by atoms with Crippen molar-refractivity contribution in [1.29, 1.82) is 0 Å². The molecular weight excluding hydrogens is 264 g/mol. The topological polar surface area (TPSA) is 104 Å². The lowest BCUT2D eigenvalue weighted by Crippen LogP contribution is -2.36. The Morgan fingerprint density at radius 2 is 2.05 bits per heavy atom. The van der Waals surface area contributed by atoms with Crippen molar-refractivity contribution in [1.82, 2.24) is 5.32 Å². The van der Waals surface area contributed by atoms with E-state index in [4.69, 9.17) is 14.9 Å². The number of hydrogen-bond acceptors (Lipinski definition) is 6. The van der Waals surface area contributed by atoms with Crippen LogP contribution < -0.4 is 11.1 Å². The number of amides is 1. The van der Waals surface area contributed by atoms with Crippen LogP contribution in [0.25, 0.3) is 0 Å². The summed E-state index contributed by atoms with van der Waals surface area (Å²) in [7, 11) is 1.26. The van der Waals surface area contributed by atoms with E-state index in [0.717, 1.165) is 0 Å². The fourth-order valence-corrected chi connectivity index (χ4v) is 1.37. The highest BCUT2D eigenvalue weighted by molar-refractivity contribution is 5.86. The van der Waals surface area contributed by atoms with Gasteiger partial charge in [0.1, 0.15) is 11.4 Å². The van der Waals surface area contributed by atoms with Crippen LogP contribution in [-0.2, 0) is 9.47 Å². The van der Waals surface area contributed by atoms with Crippen LogP contribution in [0.15, 0.2) is 16.5 Å². The summed E-state index contributed by atoms with van der Waals surface area (Å²) in [4.78, 5) is 22.7. The number of methoxy groups -OCH3 is 1. The molecule has 1 rings (SSSR count). The van der Waals surface area contributed by atoms with E-state index in [1.54, 1.807) is 26.8 Å². The van der Waals surface area contributed by atoms with Crippen LogP contribution in [0.3, 0.4) is 0 Å². The van der Waals surface area contributed by atoms with E-state index in [2.05, 4.69) is 10.1 Å². The van der Waals surface area contributed by atoms with Crippen LogP contribution in [0, 0.1) is 0 Å². The first-order valence-electron chi connectivity index (χ1n) is 6.13. The number of alkyl carbamates (subject to hydrolysis) is 1. The second-order valence-electron chi connectivity index (χ2n) is 5.18. The molecule has 1 aromatic heterocycles. The average Bonchev–Trinajstić information content (AvgIpc) is 2.82. The van der Waals surface area contributed by atoms with Crippen molar-refractivity contribution in [3.63, 3.8) is 0 Å². The zero-order valence-corrected chi connectivity index (χ0v) is 12.1. The lowest BCUT2D eigenvalue weighted by molar-refractivity contribution is 0.0517.